The zero-order valence-electron chi connectivity index (χ0n) is 8.08. The van der Waals surface area contributed by atoms with Gasteiger partial charge in [0.15, 0.2) is 0 Å². The van der Waals surface area contributed by atoms with Crippen LogP contribution in [0.1, 0.15) is 5.56 Å². The Balaban J connectivity index is 2.33. The molecule has 0 spiro atoms. The van der Waals surface area contributed by atoms with E-state index in [2.05, 4.69) is 0 Å². The maximum absolute atomic E-state index is 12.4. The van der Waals surface area contributed by atoms with Gasteiger partial charge in [-0.05, 0) is 11.6 Å². The molecular formula is C11H8F3NO. The van der Waals surface area contributed by atoms with E-state index in [0.29, 0.717) is 5.56 Å². The Labute approximate surface area is 89.8 Å². The highest BCUT2D eigenvalue weighted by Crippen LogP contribution is 2.29. The molecule has 1 aliphatic rings. The molecule has 0 fully saturated rings. The van der Waals surface area contributed by atoms with Crippen LogP contribution in [0.15, 0.2) is 36.4 Å². The third kappa shape index (κ3) is 1.93. The van der Waals surface area contributed by atoms with Crippen molar-refractivity contribution in [1.29, 1.82) is 0 Å². The standard InChI is InChI=1S/C11H8F3NO/c12-11(13,14)9-6-8(10(16)15-9)7-4-2-1-3-5-7/h1-6,9H,(H,15,16). The molecule has 0 aliphatic carbocycles. The molecule has 1 N–H and O–H groups in total. The van der Waals surface area contributed by atoms with Gasteiger partial charge in [-0.3, -0.25) is 4.79 Å². The molecule has 0 radical (unpaired) electrons. The SMILES string of the molecule is O=C1NC(C(F)(F)F)C=C1c1ccccc1. The fourth-order valence-corrected chi connectivity index (χ4v) is 1.52. The number of alkyl halides is 3. The van der Waals surface area contributed by atoms with Crippen molar-refractivity contribution in [3.63, 3.8) is 0 Å². The largest absolute Gasteiger partial charge is 0.412 e. The fraction of sp³-hybridized carbons (Fsp3) is 0.182. The van der Waals surface area contributed by atoms with Crippen LogP contribution in [0.5, 0.6) is 0 Å². The van der Waals surface area contributed by atoms with Crippen molar-refractivity contribution >= 4 is 11.5 Å². The van der Waals surface area contributed by atoms with E-state index in [1.807, 2.05) is 5.32 Å². The zero-order chi connectivity index (χ0) is 11.8. The number of hydrogen-bond acceptors (Lipinski definition) is 1. The van der Waals surface area contributed by atoms with E-state index in [9.17, 15) is 18.0 Å². The summed E-state index contributed by atoms with van der Waals surface area (Å²) in [5.74, 6) is -0.687. The molecule has 2 nitrogen and oxygen atoms in total. The van der Waals surface area contributed by atoms with Gasteiger partial charge in [-0.2, -0.15) is 13.2 Å². The van der Waals surface area contributed by atoms with Crippen LogP contribution in [0.3, 0.4) is 0 Å². The van der Waals surface area contributed by atoms with Gasteiger partial charge in [-0.15, -0.1) is 0 Å². The minimum Gasteiger partial charge on any atom is -0.337 e. The van der Waals surface area contributed by atoms with Crippen molar-refractivity contribution in [3.8, 4) is 0 Å². The Hall–Kier alpha value is -1.78. The van der Waals surface area contributed by atoms with Gasteiger partial charge in [0.1, 0.15) is 6.04 Å². The van der Waals surface area contributed by atoms with Gasteiger partial charge in [0, 0.05) is 5.57 Å². The molecule has 1 heterocycles. The van der Waals surface area contributed by atoms with Gasteiger partial charge < -0.3 is 5.32 Å². The van der Waals surface area contributed by atoms with Crippen molar-refractivity contribution in [2.45, 2.75) is 12.2 Å². The van der Waals surface area contributed by atoms with Crippen LogP contribution in [0.4, 0.5) is 13.2 Å². The van der Waals surface area contributed by atoms with Crippen LogP contribution in [0.2, 0.25) is 0 Å². The first-order valence-corrected chi connectivity index (χ1v) is 4.63. The summed E-state index contributed by atoms with van der Waals surface area (Å²) >= 11 is 0. The molecule has 2 rings (SSSR count). The second-order valence-electron chi connectivity index (χ2n) is 3.44. The molecule has 0 saturated heterocycles. The Bertz CT molecular complexity index is 436. The molecule has 0 bridgehead atoms. The van der Waals surface area contributed by atoms with Crippen LogP contribution in [0, 0.1) is 0 Å². The molecule has 1 unspecified atom stereocenters. The highest BCUT2D eigenvalue weighted by Gasteiger charge is 2.43. The quantitative estimate of drug-likeness (QED) is 0.782. The van der Waals surface area contributed by atoms with Crippen LogP contribution in [0.25, 0.3) is 5.57 Å². The molecule has 84 valence electrons. The van der Waals surface area contributed by atoms with Crippen molar-refractivity contribution in [1.82, 2.24) is 5.32 Å². The number of benzene rings is 1. The van der Waals surface area contributed by atoms with E-state index in [4.69, 9.17) is 0 Å². The van der Waals surface area contributed by atoms with Gasteiger partial charge in [0.05, 0.1) is 0 Å². The van der Waals surface area contributed by atoms with Crippen molar-refractivity contribution in [2.75, 3.05) is 0 Å². The molecule has 16 heavy (non-hydrogen) atoms. The average molecular weight is 227 g/mol. The molecule has 5 heteroatoms. The first-order valence-electron chi connectivity index (χ1n) is 4.63. The van der Waals surface area contributed by atoms with Gasteiger partial charge in [0.25, 0.3) is 5.91 Å². The summed E-state index contributed by atoms with van der Waals surface area (Å²) in [4.78, 5) is 11.4. The molecular weight excluding hydrogens is 219 g/mol. The predicted octanol–water partition coefficient (Wildman–Crippen LogP) is 2.13. The van der Waals surface area contributed by atoms with E-state index < -0.39 is 18.1 Å². The third-order valence-corrected chi connectivity index (χ3v) is 2.30. The van der Waals surface area contributed by atoms with Crippen LogP contribution >= 0.6 is 0 Å². The summed E-state index contributed by atoms with van der Waals surface area (Å²) in [7, 11) is 0. The van der Waals surface area contributed by atoms with Gasteiger partial charge >= 0.3 is 6.18 Å². The lowest BCUT2D eigenvalue weighted by Gasteiger charge is -2.12. The lowest BCUT2D eigenvalue weighted by atomic mass is 10.1. The maximum Gasteiger partial charge on any atom is 0.412 e. The smallest absolute Gasteiger partial charge is 0.337 e. The molecule has 1 aliphatic heterocycles. The monoisotopic (exact) mass is 227 g/mol. The molecule has 0 saturated carbocycles. The van der Waals surface area contributed by atoms with E-state index in [-0.39, 0.29) is 5.57 Å². The van der Waals surface area contributed by atoms with Crippen molar-refractivity contribution in [3.05, 3.63) is 42.0 Å². The van der Waals surface area contributed by atoms with E-state index in [1.165, 1.54) is 0 Å². The summed E-state index contributed by atoms with van der Waals surface area (Å²) in [5.41, 5.74) is 0.565. The second-order valence-corrected chi connectivity index (χ2v) is 3.44. The number of nitrogens with one attached hydrogen (secondary N) is 1. The first kappa shape index (κ1) is 10.7. The second kappa shape index (κ2) is 3.66. The number of halogens is 3. The Morgan fingerprint density at radius 1 is 1.12 bits per heavy atom. The van der Waals surface area contributed by atoms with Crippen LogP contribution < -0.4 is 5.32 Å². The minimum absolute atomic E-state index is 0.0722. The summed E-state index contributed by atoms with van der Waals surface area (Å²) in [6.07, 6.45) is -3.52. The van der Waals surface area contributed by atoms with Gasteiger partial charge in [0.2, 0.25) is 0 Å². The number of carbonyl (C=O) groups excluding carboxylic acids is 1. The number of hydrogen-bond donors (Lipinski definition) is 1. The third-order valence-electron chi connectivity index (χ3n) is 2.30. The number of rotatable bonds is 1. The summed E-state index contributed by atoms with van der Waals surface area (Å²) in [6.45, 7) is 0. The molecule has 1 atom stereocenters. The maximum atomic E-state index is 12.4. The molecule has 1 aromatic carbocycles. The highest BCUT2D eigenvalue weighted by molar-refractivity contribution is 6.21. The lowest BCUT2D eigenvalue weighted by molar-refractivity contribution is -0.148. The zero-order valence-corrected chi connectivity index (χ0v) is 8.08. The van der Waals surface area contributed by atoms with Gasteiger partial charge in [-0.25, -0.2) is 0 Å². The fourth-order valence-electron chi connectivity index (χ4n) is 1.52. The van der Waals surface area contributed by atoms with E-state index in [0.717, 1.165) is 6.08 Å². The normalized spacial score (nSPS) is 20.6. The average Bonchev–Trinajstić information content (AvgIpc) is 2.61. The van der Waals surface area contributed by atoms with Gasteiger partial charge in [-0.1, -0.05) is 30.3 Å². The summed E-state index contributed by atoms with van der Waals surface area (Å²) in [5, 5.41) is 1.89. The number of carbonyl (C=O) groups is 1. The predicted molar refractivity (Wildman–Crippen MR) is 52.4 cm³/mol. The summed E-state index contributed by atoms with van der Waals surface area (Å²) < 4.78 is 37.1. The minimum atomic E-state index is -4.44. The van der Waals surface area contributed by atoms with Crippen molar-refractivity contribution < 1.29 is 18.0 Å². The van der Waals surface area contributed by atoms with E-state index in [1.54, 1.807) is 30.3 Å². The Morgan fingerprint density at radius 2 is 1.75 bits per heavy atom. The van der Waals surface area contributed by atoms with Crippen molar-refractivity contribution in [2.24, 2.45) is 0 Å². The topological polar surface area (TPSA) is 29.1 Å². The Morgan fingerprint density at radius 3 is 2.25 bits per heavy atom. The lowest BCUT2D eigenvalue weighted by Crippen LogP contribution is -2.39. The summed E-state index contributed by atoms with van der Waals surface area (Å²) in [6, 6.07) is 6.40. The molecule has 1 amide bonds. The molecule has 1 aromatic rings. The van der Waals surface area contributed by atoms with Crippen LogP contribution in [-0.2, 0) is 4.79 Å². The number of amides is 1. The van der Waals surface area contributed by atoms with E-state index >= 15 is 0 Å². The van der Waals surface area contributed by atoms with Crippen LogP contribution in [-0.4, -0.2) is 18.1 Å². The first-order chi connectivity index (χ1) is 7.48. The highest BCUT2D eigenvalue weighted by atomic mass is 19.4. The Kier molecular flexibility index (Phi) is 2.46. The molecule has 0 aromatic heterocycles.